The topological polar surface area (TPSA) is 35.5 Å². The van der Waals surface area contributed by atoms with E-state index in [1.165, 1.54) is 0 Å². The third-order valence-electron chi connectivity index (χ3n) is 2.78. The van der Waals surface area contributed by atoms with Crippen molar-refractivity contribution in [3.05, 3.63) is 29.3 Å². The van der Waals surface area contributed by atoms with Crippen LogP contribution in [0.3, 0.4) is 0 Å². The molecule has 0 saturated heterocycles. The van der Waals surface area contributed by atoms with Crippen LogP contribution in [-0.2, 0) is 4.74 Å². The Morgan fingerprint density at radius 2 is 2.00 bits per heavy atom. The summed E-state index contributed by atoms with van der Waals surface area (Å²) in [5.41, 5.74) is 1.40. The first-order chi connectivity index (χ1) is 7.45. The molecule has 0 spiro atoms. The SMILES string of the molecule is COc1cccc2c1C(=O)O[C@H]2C(C)(C)C. The molecule has 0 amide bonds. The number of benzene rings is 1. The number of fused-ring (bicyclic) bond motifs is 1. The first kappa shape index (κ1) is 11.0. The quantitative estimate of drug-likeness (QED) is 0.682. The average Bonchev–Trinajstić information content (AvgIpc) is 2.56. The molecule has 0 radical (unpaired) electrons. The van der Waals surface area contributed by atoms with Crippen LogP contribution in [0.25, 0.3) is 0 Å². The number of carbonyl (C=O) groups excluding carboxylic acids is 1. The zero-order valence-corrected chi connectivity index (χ0v) is 10.0. The van der Waals surface area contributed by atoms with Gasteiger partial charge in [0.05, 0.1) is 7.11 Å². The van der Waals surface area contributed by atoms with Crippen LogP contribution in [0.2, 0.25) is 0 Å². The Balaban J connectivity index is 2.56. The normalized spacial score (nSPS) is 19.2. The minimum absolute atomic E-state index is 0.104. The van der Waals surface area contributed by atoms with Crippen molar-refractivity contribution in [2.45, 2.75) is 26.9 Å². The van der Waals surface area contributed by atoms with Crippen molar-refractivity contribution in [3.63, 3.8) is 0 Å². The maximum absolute atomic E-state index is 11.8. The van der Waals surface area contributed by atoms with Crippen LogP contribution in [0, 0.1) is 5.41 Å². The lowest BCUT2D eigenvalue weighted by molar-refractivity contribution is 0.00770. The molecule has 1 aromatic carbocycles. The lowest BCUT2D eigenvalue weighted by Crippen LogP contribution is -2.18. The largest absolute Gasteiger partial charge is 0.496 e. The number of hydrogen-bond acceptors (Lipinski definition) is 3. The first-order valence-electron chi connectivity index (χ1n) is 5.33. The highest BCUT2D eigenvalue weighted by molar-refractivity contribution is 5.97. The number of rotatable bonds is 1. The van der Waals surface area contributed by atoms with Crippen molar-refractivity contribution in [1.82, 2.24) is 0 Å². The highest BCUT2D eigenvalue weighted by Crippen LogP contribution is 2.45. The summed E-state index contributed by atoms with van der Waals surface area (Å²) in [6, 6.07) is 5.60. The third-order valence-corrected chi connectivity index (χ3v) is 2.78. The van der Waals surface area contributed by atoms with E-state index in [9.17, 15) is 4.79 Å². The molecule has 16 heavy (non-hydrogen) atoms. The number of methoxy groups -OCH3 is 1. The van der Waals surface area contributed by atoms with Gasteiger partial charge in [-0.05, 0) is 6.07 Å². The van der Waals surface area contributed by atoms with Crippen LogP contribution in [0.5, 0.6) is 5.75 Å². The van der Waals surface area contributed by atoms with E-state index in [-0.39, 0.29) is 17.5 Å². The predicted molar refractivity (Wildman–Crippen MR) is 60.6 cm³/mol. The Morgan fingerprint density at radius 3 is 2.56 bits per heavy atom. The molecule has 1 aliphatic rings. The van der Waals surface area contributed by atoms with E-state index in [2.05, 4.69) is 20.8 Å². The van der Waals surface area contributed by atoms with Gasteiger partial charge in [0.25, 0.3) is 0 Å². The van der Waals surface area contributed by atoms with Crippen molar-refractivity contribution in [3.8, 4) is 5.75 Å². The summed E-state index contributed by atoms with van der Waals surface area (Å²) in [5, 5.41) is 0. The highest BCUT2D eigenvalue weighted by atomic mass is 16.6. The second-order valence-electron chi connectivity index (χ2n) is 5.08. The molecule has 0 aliphatic carbocycles. The standard InChI is InChI=1S/C13H16O3/c1-13(2,3)11-8-6-5-7-9(15-4)10(8)12(14)16-11/h5-7,11H,1-4H3/t11-/m1/s1. The van der Waals surface area contributed by atoms with Crippen LogP contribution in [0.15, 0.2) is 18.2 Å². The smallest absolute Gasteiger partial charge is 0.342 e. The molecule has 0 saturated carbocycles. The van der Waals surface area contributed by atoms with Gasteiger partial charge in [-0.3, -0.25) is 0 Å². The molecule has 2 rings (SSSR count). The predicted octanol–water partition coefficient (Wildman–Crippen LogP) is 2.95. The molecule has 1 atom stereocenters. The van der Waals surface area contributed by atoms with Crippen molar-refractivity contribution in [1.29, 1.82) is 0 Å². The van der Waals surface area contributed by atoms with Crippen molar-refractivity contribution in [2.75, 3.05) is 7.11 Å². The van der Waals surface area contributed by atoms with E-state index in [0.717, 1.165) is 5.56 Å². The van der Waals surface area contributed by atoms with Gasteiger partial charge in [-0.2, -0.15) is 0 Å². The molecule has 0 fully saturated rings. The molecule has 86 valence electrons. The Bertz CT molecular complexity index is 429. The van der Waals surface area contributed by atoms with Gasteiger partial charge in [0.1, 0.15) is 17.4 Å². The summed E-state index contributed by atoms with van der Waals surface area (Å²) in [7, 11) is 1.56. The second kappa shape index (κ2) is 3.51. The molecule has 0 aromatic heterocycles. The summed E-state index contributed by atoms with van der Waals surface area (Å²) in [5.74, 6) is 0.307. The molecular formula is C13H16O3. The van der Waals surface area contributed by atoms with Crippen LogP contribution < -0.4 is 4.74 Å². The van der Waals surface area contributed by atoms with Gasteiger partial charge < -0.3 is 9.47 Å². The van der Waals surface area contributed by atoms with Crippen LogP contribution in [0.1, 0.15) is 42.8 Å². The number of ether oxygens (including phenoxy) is 2. The summed E-state index contributed by atoms with van der Waals surface area (Å²) in [6.45, 7) is 6.17. The Kier molecular flexibility index (Phi) is 2.41. The molecule has 1 aromatic rings. The van der Waals surface area contributed by atoms with Gasteiger partial charge in [-0.25, -0.2) is 4.79 Å². The average molecular weight is 220 g/mol. The van der Waals surface area contributed by atoms with E-state index in [0.29, 0.717) is 11.3 Å². The fourth-order valence-electron chi connectivity index (χ4n) is 2.03. The van der Waals surface area contributed by atoms with Crippen molar-refractivity contribution < 1.29 is 14.3 Å². The van der Waals surface area contributed by atoms with Gasteiger partial charge in [0.2, 0.25) is 0 Å². The van der Waals surface area contributed by atoms with E-state index >= 15 is 0 Å². The van der Waals surface area contributed by atoms with E-state index in [1.807, 2.05) is 12.1 Å². The van der Waals surface area contributed by atoms with Crippen LogP contribution in [0.4, 0.5) is 0 Å². The van der Waals surface area contributed by atoms with Gasteiger partial charge in [0.15, 0.2) is 0 Å². The minimum atomic E-state index is -0.285. The van der Waals surface area contributed by atoms with E-state index in [4.69, 9.17) is 9.47 Å². The van der Waals surface area contributed by atoms with Gasteiger partial charge >= 0.3 is 5.97 Å². The fourth-order valence-corrected chi connectivity index (χ4v) is 2.03. The maximum atomic E-state index is 11.8. The summed E-state index contributed by atoms with van der Waals surface area (Å²) < 4.78 is 10.6. The summed E-state index contributed by atoms with van der Waals surface area (Å²) >= 11 is 0. The lowest BCUT2D eigenvalue weighted by atomic mass is 9.84. The zero-order chi connectivity index (χ0) is 11.9. The van der Waals surface area contributed by atoms with E-state index in [1.54, 1.807) is 13.2 Å². The van der Waals surface area contributed by atoms with Crippen molar-refractivity contribution >= 4 is 5.97 Å². The number of esters is 1. The first-order valence-corrected chi connectivity index (χ1v) is 5.33. The minimum Gasteiger partial charge on any atom is -0.496 e. The Morgan fingerprint density at radius 1 is 1.31 bits per heavy atom. The van der Waals surface area contributed by atoms with Crippen LogP contribution in [-0.4, -0.2) is 13.1 Å². The molecule has 0 unspecified atom stereocenters. The summed E-state index contributed by atoms with van der Waals surface area (Å²) in [6.07, 6.45) is -0.190. The van der Waals surface area contributed by atoms with E-state index < -0.39 is 0 Å². The van der Waals surface area contributed by atoms with Gasteiger partial charge in [0, 0.05) is 11.0 Å². The molecule has 3 nitrogen and oxygen atoms in total. The monoisotopic (exact) mass is 220 g/mol. The molecule has 1 aliphatic heterocycles. The zero-order valence-electron chi connectivity index (χ0n) is 10.0. The highest BCUT2D eigenvalue weighted by Gasteiger charge is 2.40. The molecule has 0 bridgehead atoms. The van der Waals surface area contributed by atoms with Crippen LogP contribution >= 0.6 is 0 Å². The van der Waals surface area contributed by atoms with Gasteiger partial charge in [-0.15, -0.1) is 0 Å². The third kappa shape index (κ3) is 1.56. The fraction of sp³-hybridized carbons (Fsp3) is 0.462. The van der Waals surface area contributed by atoms with Gasteiger partial charge in [-0.1, -0.05) is 32.9 Å². The Hall–Kier alpha value is -1.51. The lowest BCUT2D eigenvalue weighted by Gasteiger charge is -2.25. The molecule has 3 heteroatoms. The number of carbonyl (C=O) groups is 1. The Labute approximate surface area is 95.4 Å². The molecule has 0 N–H and O–H groups in total. The second-order valence-corrected chi connectivity index (χ2v) is 5.08. The number of cyclic esters (lactones) is 1. The van der Waals surface area contributed by atoms with Crippen molar-refractivity contribution in [2.24, 2.45) is 5.41 Å². The molecular weight excluding hydrogens is 204 g/mol. The summed E-state index contributed by atoms with van der Waals surface area (Å²) in [4.78, 5) is 11.8. The maximum Gasteiger partial charge on any atom is 0.342 e. The number of hydrogen-bond donors (Lipinski definition) is 0. The molecule has 1 heterocycles.